The predicted molar refractivity (Wildman–Crippen MR) is 87.7 cm³/mol. The third kappa shape index (κ3) is 3.26. The lowest BCUT2D eigenvalue weighted by Crippen LogP contribution is -2.32. The van der Waals surface area contributed by atoms with Crippen LogP contribution in [0.3, 0.4) is 0 Å². The molecule has 0 saturated carbocycles. The molecule has 0 bridgehead atoms. The van der Waals surface area contributed by atoms with Gasteiger partial charge in [0.15, 0.2) is 0 Å². The molecule has 22 heavy (non-hydrogen) atoms. The number of benzene rings is 1. The summed E-state index contributed by atoms with van der Waals surface area (Å²) in [7, 11) is 1.93. The van der Waals surface area contributed by atoms with E-state index in [9.17, 15) is 4.79 Å². The number of nitrogens with one attached hydrogen (secondary N) is 1. The summed E-state index contributed by atoms with van der Waals surface area (Å²) >= 11 is 1.59. The third-order valence-electron chi connectivity index (χ3n) is 3.47. The van der Waals surface area contributed by atoms with E-state index in [1.165, 1.54) is 0 Å². The van der Waals surface area contributed by atoms with E-state index in [0.717, 1.165) is 16.3 Å². The van der Waals surface area contributed by atoms with Gasteiger partial charge in [0, 0.05) is 24.3 Å². The van der Waals surface area contributed by atoms with Gasteiger partial charge in [-0.05, 0) is 17.0 Å². The summed E-state index contributed by atoms with van der Waals surface area (Å²) in [4.78, 5) is 17.8. The lowest BCUT2D eigenvalue weighted by atomic mass is 10.1. The zero-order valence-electron chi connectivity index (χ0n) is 12.3. The number of nitrogens with zero attached hydrogens (tertiary/aromatic N) is 2. The highest BCUT2D eigenvalue weighted by molar-refractivity contribution is 7.10. The molecule has 4 nitrogen and oxygen atoms in total. The molecule has 3 aromatic rings. The Labute approximate surface area is 133 Å². The normalized spacial score (nSPS) is 12.0. The SMILES string of the molecule is Cn1ccnc1C(NC(=O)Cc1cccs1)c1ccccc1. The van der Waals surface area contributed by atoms with E-state index < -0.39 is 0 Å². The number of carbonyl (C=O) groups is 1. The van der Waals surface area contributed by atoms with Crippen LogP contribution in [0.1, 0.15) is 22.3 Å². The van der Waals surface area contributed by atoms with Crippen LogP contribution in [0.2, 0.25) is 0 Å². The molecular formula is C17H17N3OS. The van der Waals surface area contributed by atoms with Crippen LogP contribution in [-0.4, -0.2) is 15.5 Å². The van der Waals surface area contributed by atoms with E-state index in [2.05, 4.69) is 10.3 Å². The highest BCUT2D eigenvalue weighted by atomic mass is 32.1. The second kappa shape index (κ2) is 6.58. The van der Waals surface area contributed by atoms with Crippen LogP contribution < -0.4 is 5.32 Å². The molecule has 1 amide bonds. The molecule has 2 aromatic heterocycles. The Morgan fingerprint density at radius 2 is 2.09 bits per heavy atom. The van der Waals surface area contributed by atoms with Gasteiger partial charge in [-0.25, -0.2) is 4.98 Å². The Morgan fingerprint density at radius 3 is 2.73 bits per heavy atom. The zero-order valence-corrected chi connectivity index (χ0v) is 13.1. The molecule has 0 saturated heterocycles. The van der Waals surface area contributed by atoms with E-state index in [1.54, 1.807) is 17.5 Å². The molecule has 0 aliphatic heterocycles. The summed E-state index contributed by atoms with van der Waals surface area (Å²) in [6.45, 7) is 0. The number of hydrogen-bond acceptors (Lipinski definition) is 3. The number of thiophene rings is 1. The van der Waals surface area contributed by atoms with Gasteiger partial charge in [0.2, 0.25) is 5.91 Å². The van der Waals surface area contributed by atoms with Crippen molar-refractivity contribution in [3.05, 3.63) is 76.5 Å². The number of imidazole rings is 1. The molecule has 3 rings (SSSR count). The van der Waals surface area contributed by atoms with Gasteiger partial charge in [0.25, 0.3) is 0 Å². The van der Waals surface area contributed by atoms with Crippen LogP contribution in [0.4, 0.5) is 0 Å². The first-order valence-electron chi connectivity index (χ1n) is 7.08. The molecule has 0 aliphatic carbocycles. The van der Waals surface area contributed by atoms with E-state index in [0.29, 0.717) is 6.42 Å². The number of carbonyl (C=O) groups excluding carboxylic acids is 1. The second-order valence-corrected chi connectivity index (χ2v) is 6.10. The maximum atomic E-state index is 12.4. The Kier molecular flexibility index (Phi) is 4.34. The van der Waals surface area contributed by atoms with Crippen LogP contribution in [0, 0.1) is 0 Å². The van der Waals surface area contributed by atoms with Crippen molar-refractivity contribution < 1.29 is 4.79 Å². The van der Waals surface area contributed by atoms with E-state index >= 15 is 0 Å². The monoisotopic (exact) mass is 311 g/mol. The van der Waals surface area contributed by atoms with Gasteiger partial charge < -0.3 is 9.88 Å². The third-order valence-corrected chi connectivity index (χ3v) is 4.35. The fraction of sp³-hybridized carbons (Fsp3) is 0.176. The summed E-state index contributed by atoms with van der Waals surface area (Å²) < 4.78 is 1.93. The highest BCUT2D eigenvalue weighted by Crippen LogP contribution is 2.20. The minimum absolute atomic E-state index is 0.000645. The fourth-order valence-corrected chi connectivity index (χ4v) is 3.08. The molecule has 1 unspecified atom stereocenters. The van der Waals surface area contributed by atoms with Crippen LogP contribution in [0.15, 0.2) is 60.2 Å². The number of aryl methyl sites for hydroxylation is 1. The smallest absolute Gasteiger partial charge is 0.226 e. The fourth-order valence-electron chi connectivity index (χ4n) is 2.38. The van der Waals surface area contributed by atoms with Gasteiger partial charge in [0.1, 0.15) is 11.9 Å². The summed E-state index contributed by atoms with van der Waals surface area (Å²) in [5.41, 5.74) is 1.02. The Hall–Kier alpha value is -2.40. The number of aromatic nitrogens is 2. The van der Waals surface area contributed by atoms with Crippen molar-refractivity contribution in [2.45, 2.75) is 12.5 Å². The van der Waals surface area contributed by atoms with Gasteiger partial charge in [-0.2, -0.15) is 0 Å². The van der Waals surface area contributed by atoms with E-state index in [4.69, 9.17) is 0 Å². The van der Waals surface area contributed by atoms with E-state index in [-0.39, 0.29) is 11.9 Å². The van der Waals surface area contributed by atoms with Crippen LogP contribution in [-0.2, 0) is 18.3 Å². The molecule has 0 fully saturated rings. The van der Waals surface area contributed by atoms with Crippen LogP contribution >= 0.6 is 11.3 Å². The second-order valence-electron chi connectivity index (χ2n) is 5.06. The summed E-state index contributed by atoms with van der Waals surface area (Å²) in [6.07, 6.45) is 4.03. The number of hydrogen-bond donors (Lipinski definition) is 1. The molecule has 1 atom stereocenters. The molecule has 112 valence electrons. The van der Waals surface area contributed by atoms with Gasteiger partial charge in [-0.3, -0.25) is 4.79 Å². The first-order chi connectivity index (χ1) is 10.7. The maximum absolute atomic E-state index is 12.4. The maximum Gasteiger partial charge on any atom is 0.226 e. The first kappa shape index (κ1) is 14.5. The Morgan fingerprint density at radius 1 is 1.27 bits per heavy atom. The minimum atomic E-state index is -0.242. The lowest BCUT2D eigenvalue weighted by Gasteiger charge is -2.19. The topological polar surface area (TPSA) is 46.9 Å². The van der Waals surface area contributed by atoms with Crippen molar-refractivity contribution in [3.63, 3.8) is 0 Å². The van der Waals surface area contributed by atoms with Gasteiger partial charge in [-0.15, -0.1) is 11.3 Å². The predicted octanol–water partition coefficient (Wildman–Crippen LogP) is 2.93. The summed E-state index contributed by atoms with van der Waals surface area (Å²) in [6, 6.07) is 13.6. The molecule has 0 spiro atoms. The van der Waals surface area contributed by atoms with Gasteiger partial charge in [0.05, 0.1) is 6.42 Å². The number of rotatable bonds is 5. The van der Waals surface area contributed by atoms with Crippen molar-refractivity contribution in [3.8, 4) is 0 Å². The zero-order chi connectivity index (χ0) is 15.4. The molecule has 1 aromatic carbocycles. The Balaban J connectivity index is 1.83. The summed E-state index contributed by atoms with van der Waals surface area (Å²) in [5, 5.41) is 5.08. The van der Waals surface area contributed by atoms with E-state index in [1.807, 2.05) is 65.7 Å². The van der Waals surface area contributed by atoms with Crippen molar-refractivity contribution in [2.75, 3.05) is 0 Å². The largest absolute Gasteiger partial charge is 0.342 e. The van der Waals surface area contributed by atoms with Gasteiger partial charge >= 0.3 is 0 Å². The quantitative estimate of drug-likeness (QED) is 0.787. The van der Waals surface area contributed by atoms with Crippen molar-refractivity contribution in [1.29, 1.82) is 0 Å². The van der Waals surface area contributed by atoms with Gasteiger partial charge in [-0.1, -0.05) is 36.4 Å². The molecule has 1 N–H and O–H groups in total. The van der Waals surface area contributed by atoms with Crippen molar-refractivity contribution in [1.82, 2.24) is 14.9 Å². The molecule has 2 heterocycles. The first-order valence-corrected chi connectivity index (χ1v) is 7.96. The average Bonchev–Trinajstić information content (AvgIpc) is 3.17. The standard InChI is InChI=1S/C17H17N3OS/c1-20-10-9-18-17(20)16(13-6-3-2-4-7-13)19-15(21)12-14-8-5-11-22-14/h2-11,16H,12H2,1H3,(H,19,21). The molecule has 0 aliphatic rings. The van der Waals surface area contributed by atoms with Crippen molar-refractivity contribution >= 4 is 17.2 Å². The molecule has 0 radical (unpaired) electrons. The summed E-state index contributed by atoms with van der Waals surface area (Å²) in [5.74, 6) is 0.824. The highest BCUT2D eigenvalue weighted by Gasteiger charge is 2.20. The van der Waals surface area contributed by atoms with Crippen LogP contribution in [0.25, 0.3) is 0 Å². The molecule has 5 heteroatoms. The minimum Gasteiger partial charge on any atom is -0.342 e. The molecular weight excluding hydrogens is 294 g/mol. The lowest BCUT2D eigenvalue weighted by molar-refractivity contribution is -0.120. The average molecular weight is 311 g/mol. The Bertz CT molecular complexity index is 734. The van der Waals surface area contributed by atoms with Crippen LogP contribution in [0.5, 0.6) is 0 Å². The van der Waals surface area contributed by atoms with Crippen molar-refractivity contribution in [2.24, 2.45) is 7.05 Å². The number of amides is 1.